The van der Waals surface area contributed by atoms with Crippen molar-refractivity contribution in [2.24, 2.45) is 0 Å². The molecule has 1 aliphatic rings. The molecule has 0 saturated carbocycles. The van der Waals surface area contributed by atoms with Crippen molar-refractivity contribution in [3.8, 4) is 44.8 Å². The normalized spacial score (nSPS) is 22.0. The molecule has 2 heteroatoms. The number of hydrogen-bond donors (Lipinski definition) is 0. The zero-order valence-electron chi connectivity index (χ0n) is 63.5. The Hall–Kier alpha value is -7.42. The highest BCUT2D eigenvalue weighted by Crippen LogP contribution is 2.51. The van der Waals surface area contributed by atoms with E-state index in [9.17, 15) is 21.9 Å². The predicted molar refractivity (Wildman–Crippen MR) is 239 cm³/mol. The maximum Gasteiger partial charge on any atom is 0.0652 e. The van der Waals surface area contributed by atoms with E-state index in [1.165, 1.54) is 0 Å². The van der Waals surface area contributed by atoms with E-state index in [1.807, 2.05) is 0 Å². The van der Waals surface area contributed by atoms with E-state index in [0.717, 1.165) is 9.13 Å². The van der Waals surface area contributed by atoms with Gasteiger partial charge in [0.25, 0.3) is 0 Å². The fourth-order valence-electron chi connectivity index (χ4n) is 7.27. The van der Waals surface area contributed by atoms with Crippen LogP contribution in [0.5, 0.6) is 0 Å². The predicted octanol–water partition coefficient (Wildman–Crippen LogP) is 14.4. The van der Waals surface area contributed by atoms with Crippen molar-refractivity contribution >= 4 is 43.6 Å². The van der Waals surface area contributed by atoms with E-state index >= 15 is 0 Å². The van der Waals surface area contributed by atoms with Gasteiger partial charge in [0.2, 0.25) is 0 Å². The van der Waals surface area contributed by atoms with Crippen LogP contribution in [0.25, 0.3) is 88.4 Å². The first-order chi connectivity index (χ1) is 42.9. The van der Waals surface area contributed by atoms with Gasteiger partial charge in [0.15, 0.2) is 0 Å². The van der Waals surface area contributed by atoms with Crippen molar-refractivity contribution in [1.82, 2.24) is 9.13 Å². The third-order valence-corrected chi connectivity index (χ3v) is 9.61. The summed E-state index contributed by atoms with van der Waals surface area (Å²) < 4.78 is 321. The van der Waals surface area contributed by atoms with Gasteiger partial charge in [0.1, 0.15) is 0 Å². The first-order valence-electron chi connectivity index (χ1n) is 34.5. The fraction of sp³-hybridized carbons (Fsp3) is 0.0182. The van der Waals surface area contributed by atoms with Crippen LogP contribution in [0.1, 0.15) is 70.6 Å². The van der Waals surface area contributed by atoms with Crippen LogP contribution in [0, 0.1) is 0 Å². The van der Waals surface area contributed by atoms with Gasteiger partial charge in [-0.15, -0.1) is 0 Å². The Kier molecular flexibility index (Phi) is 2.82. The Morgan fingerprint density at radius 2 is 0.877 bits per heavy atom. The highest BCUT2D eigenvalue weighted by molar-refractivity contribution is 6.12. The number of para-hydroxylation sites is 3. The van der Waals surface area contributed by atoms with E-state index in [-0.39, 0.29) is 0 Å². The molecule has 1 unspecified atom stereocenters. The molecule has 266 valence electrons. The number of fused-ring (bicyclic) bond motifs is 9. The van der Waals surface area contributed by atoms with Crippen LogP contribution >= 0.6 is 0 Å². The lowest BCUT2D eigenvalue weighted by molar-refractivity contribution is 1.01. The molecule has 0 fully saturated rings. The summed E-state index contributed by atoms with van der Waals surface area (Å²) in [6.45, 7) is 0. The summed E-state index contributed by atoms with van der Waals surface area (Å²) in [5.74, 6) is -2.20. The molecule has 2 nitrogen and oxygen atoms in total. The molecule has 0 saturated heterocycles. The molecule has 0 amide bonds. The molecule has 1 atom stereocenters. The molecule has 0 spiro atoms. The maximum absolute atomic E-state index is 10.1. The molecular weight excluding hydrogens is 689 g/mol. The highest BCUT2D eigenvalue weighted by Gasteiger charge is 2.33. The monoisotopic (exact) mass is 760 g/mol. The molecule has 9 aromatic carbocycles. The average molecular weight is 760 g/mol. The second kappa shape index (κ2) is 12.6. The van der Waals surface area contributed by atoms with Gasteiger partial charge in [0, 0.05) is 38.7 Å². The number of aromatic nitrogens is 2. The van der Waals surface area contributed by atoms with E-state index in [2.05, 4.69) is 0 Å². The minimum atomic E-state index is -2.20. The summed E-state index contributed by atoms with van der Waals surface area (Å²) in [7, 11) is 0. The molecule has 0 bridgehead atoms. The average Bonchev–Trinajstić information content (AvgIpc) is 1.51. The molecule has 0 N–H and O–H groups in total. The van der Waals surface area contributed by atoms with Gasteiger partial charge in [-0.1, -0.05) is 169 Å². The SMILES string of the molecule is [2H]c1c([2H])c([2H])c(-c2c([2H])c([2H])c(-c3c([2H])c([2H])c([2H])c(C4c5c([2H])c([2H])c([2H])c([2H])c5-c5c4c([2H])c([2H])c([2H])c5-n4c5c([2H])c([2H])c([2H])c([2H])c5c5c([2H])c(-n6c7c([2H])c([2H])c([2H])c([2H])c7c7c([2H])c([2H])c([2H])c([2H])c76)c([2H])c([2H])c54)c3[2H])c([2H])c2[2H])c([2H])c1[2H]. The molecule has 0 aliphatic heterocycles. The standard InChI is InChI=1S/C55H36N2/c1-2-14-36(15-3-1)37-28-30-38(31-29-37)39-16-12-17-40(34-39)54-45-21-4-5-22-46(45)55-47(54)23-13-27-53(55)57-51-26-11-8-20-44(51)48-35-41(32-33-52(48)57)56-49-24-9-6-18-42(49)43-19-7-10-25-50(43)56/h1-35,54H/i1D,2D,3D,4D,5D,6D,7D,8D,9D,10D,11D,12D,13D,14D,15D,16D,17D,18D,19D,20D,21D,22D,23D,24D,25D,26D,27D,28D,29D,30D,31D,32D,33D,34D,35D. The van der Waals surface area contributed by atoms with E-state index in [0.29, 0.717) is 0 Å². The van der Waals surface area contributed by atoms with Crippen LogP contribution in [0.2, 0.25) is 0 Å². The lowest BCUT2D eigenvalue weighted by Gasteiger charge is -2.17. The maximum atomic E-state index is 10.1. The summed E-state index contributed by atoms with van der Waals surface area (Å²) in [4.78, 5) is 0. The largest absolute Gasteiger partial charge is 0.309 e. The molecule has 0 radical (unpaired) electrons. The molecule has 2 aromatic heterocycles. The highest BCUT2D eigenvalue weighted by atomic mass is 15.0. The van der Waals surface area contributed by atoms with Crippen LogP contribution in [-0.2, 0) is 0 Å². The van der Waals surface area contributed by atoms with Crippen molar-refractivity contribution < 1.29 is 48.0 Å². The van der Waals surface area contributed by atoms with Crippen LogP contribution in [-0.4, -0.2) is 9.13 Å². The Morgan fingerprint density at radius 1 is 0.351 bits per heavy atom. The van der Waals surface area contributed by atoms with Gasteiger partial charge in [-0.2, -0.15) is 0 Å². The Balaban J connectivity index is 1.26. The van der Waals surface area contributed by atoms with Crippen LogP contribution in [0.4, 0.5) is 0 Å². The first kappa shape index (κ1) is 12.8. The summed E-state index contributed by atoms with van der Waals surface area (Å²) in [5, 5.41) is -2.43. The van der Waals surface area contributed by atoms with Gasteiger partial charge in [-0.25, -0.2) is 0 Å². The summed E-state index contributed by atoms with van der Waals surface area (Å²) in [6.07, 6.45) is 0. The third-order valence-electron chi connectivity index (χ3n) is 9.61. The number of hydrogen-bond acceptors (Lipinski definition) is 0. The molecule has 1 aliphatic carbocycles. The number of benzene rings is 9. The molecule has 12 rings (SSSR count). The quantitative estimate of drug-likeness (QED) is 0.165. The molecule has 11 aromatic rings. The van der Waals surface area contributed by atoms with Crippen LogP contribution in [0.3, 0.4) is 0 Å². The second-order valence-electron chi connectivity index (χ2n) is 12.6. The van der Waals surface area contributed by atoms with Gasteiger partial charge < -0.3 is 9.13 Å². The minimum Gasteiger partial charge on any atom is -0.309 e. The zero-order chi connectivity index (χ0) is 67.9. The van der Waals surface area contributed by atoms with Gasteiger partial charge in [0.05, 0.1) is 75.7 Å². The summed E-state index contributed by atoms with van der Waals surface area (Å²) in [5.41, 5.74) is -11.5. The fourth-order valence-corrected chi connectivity index (χ4v) is 7.27. The topological polar surface area (TPSA) is 9.86 Å². The summed E-state index contributed by atoms with van der Waals surface area (Å²) in [6, 6.07) is -34.7. The smallest absolute Gasteiger partial charge is 0.0652 e. The lowest BCUT2D eigenvalue weighted by Crippen LogP contribution is -2.01. The Labute approximate surface area is 380 Å². The molecule has 57 heavy (non-hydrogen) atoms. The Bertz CT molecular complexity index is 5270. The van der Waals surface area contributed by atoms with Gasteiger partial charge in [-0.05, 0) is 86.8 Å². The third kappa shape index (κ3) is 4.84. The molecular formula is C55H36N2. The van der Waals surface area contributed by atoms with E-state index in [4.69, 9.17) is 26.0 Å². The van der Waals surface area contributed by atoms with E-state index in [1.54, 1.807) is 0 Å². The second-order valence-corrected chi connectivity index (χ2v) is 12.6. The lowest BCUT2D eigenvalue weighted by atomic mass is 9.87. The van der Waals surface area contributed by atoms with Crippen molar-refractivity contribution in [3.05, 3.63) is 228 Å². The molecule has 2 heterocycles. The van der Waals surface area contributed by atoms with Crippen molar-refractivity contribution in [2.45, 2.75) is 5.92 Å². The first-order valence-corrected chi connectivity index (χ1v) is 17.0. The van der Waals surface area contributed by atoms with Gasteiger partial charge in [-0.3, -0.25) is 0 Å². The minimum absolute atomic E-state index is 0.514. The Morgan fingerprint density at radius 3 is 1.61 bits per heavy atom. The van der Waals surface area contributed by atoms with E-state index < -0.39 is 322 Å². The van der Waals surface area contributed by atoms with Gasteiger partial charge >= 0.3 is 0 Å². The van der Waals surface area contributed by atoms with Crippen LogP contribution in [0.15, 0.2) is 211 Å². The number of nitrogens with zero attached hydrogens (tertiary/aromatic N) is 2. The van der Waals surface area contributed by atoms with Crippen molar-refractivity contribution in [3.63, 3.8) is 0 Å². The van der Waals surface area contributed by atoms with Crippen molar-refractivity contribution in [2.75, 3.05) is 0 Å². The van der Waals surface area contributed by atoms with Crippen molar-refractivity contribution in [1.29, 1.82) is 0 Å². The number of rotatable bonds is 5. The zero-order valence-corrected chi connectivity index (χ0v) is 28.5. The van der Waals surface area contributed by atoms with Crippen LogP contribution < -0.4 is 0 Å². The summed E-state index contributed by atoms with van der Waals surface area (Å²) >= 11 is 0.